The summed E-state index contributed by atoms with van der Waals surface area (Å²) in [6.45, 7) is 7.07. The molecule has 2 aromatic rings. The lowest BCUT2D eigenvalue weighted by Crippen LogP contribution is -2.69. The number of benzene rings is 2. The molecule has 0 saturated carbocycles. The lowest BCUT2D eigenvalue weighted by Gasteiger charge is -2.49. The number of fused-ring (bicyclic) bond motifs is 3. The van der Waals surface area contributed by atoms with E-state index in [-0.39, 0.29) is 18.4 Å². The van der Waals surface area contributed by atoms with Gasteiger partial charge < -0.3 is 19.7 Å². The second-order valence-electron chi connectivity index (χ2n) is 10.7. The summed E-state index contributed by atoms with van der Waals surface area (Å²) in [4.78, 5) is 42.2. The van der Waals surface area contributed by atoms with Crippen LogP contribution in [0.4, 0.5) is 9.59 Å². The van der Waals surface area contributed by atoms with Crippen LogP contribution in [0.2, 0.25) is 0 Å². The van der Waals surface area contributed by atoms with E-state index in [0.29, 0.717) is 39.0 Å². The number of carbonyl (C=O) groups excluding carboxylic acids is 3. The quantitative estimate of drug-likeness (QED) is 0.682. The molecule has 2 aromatic carbocycles. The van der Waals surface area contributed by atoms with Crippen LogP contribution in [0.5, 0.6) is 0 Å². The van der Waals surface area contributed by atoms with Gasteiger partial charge in [-0.05, 0) is 55.9 Å². The van der Waals surface area contributed by atoms with Crippen LogP contribution in [-0.2, 0) is 14.3 Å². The van der Waals surface area contributed by atoms with Crippen molar-refractivity contribution in [1.29, 1.82) is 0 Å². The fourth-order valence-corrected chi connectivity index (χ4v) is 5.60. The summed E-state index contributed by atoms with van der Waals surface area (Å²) >= 11 is 0. The number of hydrogen-bond donors (Lipinski definition) is 1. The van der Waals surface area contributed by atoms with Crippen LogP contribution >= 0.6 is 0 Å². The van der Waals surface area contributed by atoms with E-state index in [9.17, 15) is 14.4 Å². The molecule has 8 nitrogen and oxygen atoms in total. The minimum absolute atomic E-state index is 0.0510. The largest absolute Gasteiger partial charge is 0.448 e. The van der Waals surface area contributed by atoms with E-state index in [1.165, 1.54) is 0 Å². The van der Waals surface area contributed by atoms with E-state index >= 15 is 0 Å². The van der Waals surface area contributed by atoms with Gasteiger partial charge in [0.05, 0.1) is 0 Å². The van der Waals surface area contributed by atoms with Crippen LogP contribution < -0.4 is 5.32 Å². The van der Waals surface area contributed by atoms with E-state index in [2.05, 4.69) is 29.6 Å². The first-order valence-electron chi connectivity index (χ1n) is 12.6. The number of rotatable bonds is 2. The van der Waals surface area contributed by atoms with Gasteiger partial charge in [-0.25, -0.2) is 9.59 Å². The summed E-state index contributed by atoms with van der Waals surface area (Å²) in [6, 6.07) is 16.4. The lowest BCUT2D eigenvalue weighted by atomic mass is 9.83. The SMILES string of the molecule is CC(C)(C)OC(=O)N1CCC2(CC1)C(=O)NCCN2C(=O)OCC1c2ccccc2-c2ccccc21. The number of likely N-dealkylation sites (tertiary alicyclic amines) is 1. The molecule has 3 amide bonds. The number of hydrogen-bond acceptors (Lipinski definition) is 5. The fourth-order valence-electron chi connectivity index (χ4n) is 5.60. The molecule has 36 heavy (non-hydrogen) atoms. The second kappa shape index (κ2) is 9.15. The average molecular weight is 492 g/mol. The van der Waals surface area contributed by atoms with Crippen LogP contribution in [0.15, 0.2) is 48.5 Å². The lowest BCUT2D eigenvalue weighted by molar-refractivity contribution is -0.139. The van der Waals surface area contributed by atoms with Crippen molar-refractivity contribution in [3.05, 3.63) is 59.7 Å². The van der Waals surface area contributed by atoms with E-state index in [0.717, 1.165) is 22.3 Å². The molecule has 8 heteroatoms. The van der Waals surface area contributed by atoms with Gasteiger partial charge in [0.1, 0.15) is 17.7 Å². The van der Waals surface area contributed by atoms with Crippen molar-refractivity contribution in [2.45, 2.75) is 50.7 Å². The minimum Gasteiger partial charge on any atom is -0.448 e. The maximum atomic E-state index is 13.4. The smallest absolute Gasteiger partial charge is 0.410 e. The van der Waals surface area contributed by atoms with Crippen molar-refractivity contribution in [3.8, 4) is 11.1 Å². The number of piperidine rings is 1. The van der Waals surface area contributed by atoms with E-state index in [4.69, 9.17) is 9.47 Å². The van der Waals surface area contributed by atoms with Crippen molar-refractivity contribution in [1.82, 2.24) is 15.1 Å². The van der Waals surface area contributed by atoms with Gasteiger partial charge in [0.25, 0.3) is 0 Å². The highest BCUT2D eigenvalue weighted by Gasteiger charge is 2.51. The molecular formula is C28H33N3O5. The number of nitrogens with zero attached hydrogens (tertiary/aromatic N) is 2. The Hall–Kier alpha value is -3.55. The molecule has 0 unspecified atom stereocenters. The fraction of sp³-hybridized carbons (Fsp3) is 0.464. The molecule has 0 atom stereocenters. The molecule has 0 radical (unpaired) electrons. The van der Waals surface area contributed by atoms with Crippen molar-refractivity contribution >= 4 is 18.1 Å². The van der Waals surface area contributed by atoms with Crippen LogP contribution in [0.1, 0.15) is 50.7 Å². The summed E-state index contributed by atoms with van der Waals surface area (Å²) in [6.07, 6.45) is -0.219. The highest BCUT2D eigenvalue weighted by atomic mass is 16.6. The zero-order valence-corrected chi connectivity index (χ0v) is 21.1. The predicted octanol–water partition coefficient (Wildman–Crippen LogP) is 4.14. The number of amides is 3. The van der Waals surface area contributed by atoms with Crippen molar-refractivity contribution in [2.75, 3.05) is 32.8 Å². The Balaban J connectivity index is 1.30. The van der Waals surface area contributed by atoms with E-state index in [1.807, 2.05) is 45.0 Å². The third-order valence-corrected chi connectivity index (χ3v) is 7.36. The predicted molar refractivity (Wildman–Crippen MR) is 135 cm³/mol. The van der Waals surface area contributed by atoms with E-state index in [1.54, 1.807) is 9.80 Å². The molecule has 2 fully saturated rings. The van der Waals surface area contributed by atoms with Gasteiger partial charge in [-0.1, -0.05) is 48.5 Å². The summed E-state index contributed by atoms with van der Waals surface area (Å²) in [5, 5.41) is 2.91. The second-order valence-corrected chi connectivity index (χ2v) is 10.7. The van der Waals surface area contributed by atoms with Gasteiger partial charge in [-0.3, -0.25) is 9.69 Å². The summed E-state index contributed by atoms with van der Waals surface area (Å²) < 4.78 is 11.4. The molecule has 2 saturated heterocycles. The number of piperazine rings is 1. The van der Waals surface area contributed by atoms with E-state index < -0.39 is 23.3 Å². The maximum Gasteiger partial charge on any atom is 0.410 e. The average Bonchev–Trinajstić information content (AvgIpc) is 3.17. The number of carbonyl (C=O) groups is 3. The molecule has 1 aliphatic carbocycles. The number of ether oxygens (including phenoxy) is 2. The highest BCUT2D eigenvalue weighted by molar-refractivity contribution is 5.91. The topological polar surface area (TPSA) is 88.2 Å². The van der Waals surface area contributed by atoms with Crippen molar-refractivity contribution < 1.29 is 23.9 Å². The molecular weight excluding hydrogens is 458 g/mol. The summed E-state index contributed by atoms with van der Waals surface area (Å²) in [5.41, 5.74) is 2.99. The first kappa shape index (κ1) is 24.2. The van der Waals surface area contributed by atoms with Crippen molar-refractivity contribution in [3.63, 3.8) is 0 Å². The van der Waals surface area contributed by atoms with Crippen LogP contribution in [-0.4, -0.2) is 71.8 Å². The van der Waals surface area contributed by atoms with Gasteiger partial charge in [-0.2, -0.15) is 0 Å². The standard InChI is InChI=1S/C28H33N3O5/c1-27(2,3)36-25(33)30-15-12-28(13-16-30)24(32)29-14-17-31(28)26(34)35-18-23-21-10-6-4-8-19(21)20-9-5-7-11-22(20)23/h4-11,23H,12-18H2,1-3H3,(H,29,32). The molecule has 5 rings (SSSR count). The summed E-state index contributed by atoms with van der Waals surface area (Å²) in [7, 11) is 0. The zero-order valence-electron chi connectivity index (χ0n) is 21.1. The minimum atomic E-state index is -1.03. The normalized spacial score (nSPS) is 18.9. The van der Waals surface area contributed by atoms with Crippen LogP contribution in [0.25, 0.3) is 11.1 Å². The molecule has 2 heterocycles. The number of nitrogens with one attached hydrogen (secondary N) is 1. The monoisotopic (exact) mass is 491 g/mol. The van der Waals surface area contributed by atoms with Gasteiger partial charge in [0.15, 0.2) is 0 Å². The van der Waals surface area contributed by atoms with Gasteiger partial charge in [0.2, 0.25) is 5.91 Å². The maximum absolute atomic E-state index is 13.4. The Bertz CT molecular complexity index is 1130. The van der Waals surface area contributed by atoms with Crippen LogP contribution in [0.3, 0.4) is 0 Å². The Labute approximate surface area is 211 Å². The van der Waals surface area contributed by atoms with Gasteiger partial charge >= 0.3 is 12.2 Å². The third kappa shape index (κ3) is 4.29. The van der Waals surface area contributed by atoms with Crippen LogP contribution in [0, 0.1) is 0 Å². The van der Waals surface area contributed by atoms with Crippen molar-refractivity contribution in [2.24, 2.45) is 0 Å². The Morgan fingerprint density at radius 1 is 0.944 bits per heavy atom. The third-order valence-electron chi connectivity index (χ3n) is 7.36. The molecule has 0 bridgehead atoms. The zero-order chi connectivity index (χ0) is 25.5. The first-order valence-corrected chi connectivity index (χ1v) is 12.6. The molecule has 0 aromatic heterocycles. The summed E-state index contributed by atoms with van der Waals surface area (Å²) in [5.74, 6) is -0.240. The molecule has 190 valence electrons. The molecule has 2 aliphatic heterocycles. The Morgan fingerprint density at radius 2 is 1.53 bits per heavy atom. The van der Waals surface area contributed by atoms with Gasteiger partial charge in [0, 0.05) is 32.1 Å². The molecule has 3 aliphatic rings. The Kier molecular flexibility index (Phi) is 6.14. The Morgan fingerprint density at radius 3 is 2.11 bits per heavy atom. The molecule has 1 spiro atoms. The first-order chi connectivity index (χ1) is 17.2. The highest BCUT2D eigenvalue weighted by Crippen LogP contribution is 2.44. The molecule has 1 N–H and O–H groups in total. The van der Waals surface area contributed by atoms with Gasteiger partial charge in [-0.15, -0.1) is 0 Å².